The third-order valence-electron chi connectivity index (χ3n) is 4.89. The van der Waals surface area contributed by atoms with Gasteiger partial charge in [-0.1, -0.05) is 30.7 Å². The standard InChI is InChI=1S/C22H30N2O5S/c1-7-19(18-10-8-15(2)12-16(18)3)23-22(25)14-24(30(6,26)27)17-9-11-20(28-4)21(13-17)29-5/h8-13,19H,7,14H2,1-6H3,(H,23,25)/t19-/m0/s1. The number of nitrogens with one attached hydrogen (secondary N) is 1. The smallest absolute Gasteiger partial charge is 0.241 e. The topological polar surface area (TPSA) is 84.9 Å². The molecule has 164 valence electrons. The highest BCUT2D eigenvalue weighted by Gasteiger charge is 2.24. The van der Waals surface area contributed by atoms with Crippen molar-refractivity contribution in [1.82, 2.24) is 5.32 Å². The number of hydrogen-bond donors (Lipinski definition) is 1. The maximum Gasteiger partial charge on any atom is 0.241 e. The van der Waals surface area contributed by atoms with Gasteiger partial charge in [0.1, 0.15) is 6.54 Å². The van der Waals surface area contributed by atoms with Crippen molar-refractivity contribution in [2.24, 2.45) is 0 Å². The highest BCUT2D eigenvalue weighted by molar-refractivity contribution is 7.92. The maximum absolute atomic E-state index is 12.8. The first kappa shape index (κ1) is 23.5. The van der Waals surface area contributed by atoms with Crippen LogP contribution in [0.2, 0.25) is 0 Å². The minimum absolute atomic E-state index is 0.204. The summed E-state index contributed by atoms with van der Waals surface area (Å²) in [5.41, 5.74) is 3.58. The van der Waals surface area contributed by atoms with Gasteiger partial charge in [-0.2, -0.15) is 0 Å². The molecule has 0 saturated heterocycles. The fraction of sp³-hybridized carbons (Fsp3) is 0.409. The lowest BCUT2D eigenvalue weighted by atomic mass is 9.97. The first-order chi connectivity index (χ1) is 14.1. The van der Waals surface area contributed by atoms with E-state index in [0.717, 1.165) is 27.3 Å². The molecule has 2 aromatic rings. The van der Waals surface area contributed by atoms with Crippen LogP contribution in [0.4, 0.5) is 5.69 Å². The number of benzene rings is 2. The summed E-state index contributed by atoms with van der Waals surface area (Å²) in [5, 5.41) is 2.97. The van der Waals surface area contributed by atoms with E-state index < -0.39 is 10.0 Å². The Morgan fingerprint density at radius 3 is 2.27 bits per heavy atom. The van der Waals surface area contributed by atoms with Crippen molar-refractivity contribution in [1.29, 1.82) is 0 Å². The molecular formula is C22H30N2O5S. The number of carbonyl (C=O) groups is 1. The van der Waals surface area contributed by atoms with Crippen molar-refractivity contribution in [2.45, 2.75) is 33.2 Å². The Labute approximate surface area is 179 Å². The van der Waals surface area contributed by atoms with Gasteiger partial charge < -0.3 is 14.8 Å². The number of methoxy groups -OCH3 is 2. The van der Waals surface area contributed by atoms with Crippen LogP contribution in [0.25, 0.3) is 0 Å². The van der Waals surface area contributed by atoms with E-state index >= 15 is 0 Å². The van der Waals surface area contributed by atoms with Crippen LogP contribution in [0.5, 0.6) is 11.5 Å². The molecular weight excluding hydrogens is 404 g/mol. The third-order valence-corrected chi connectivity index (χ3v) is 6.03. The zero-order valence-corrected chi connectivity index (χ0v) is 19.2. The summed E-state index contributed by atoms with van der Waals surface area (Å²) in [6.07, 6.45) is 1.75. The molecule has 1 atom stereocenters. The summed E-state index contributed by atoms with van der Waals surface area (Å²) in [7, 11) is -0.738. The van der Waals surface area contributed by atoms with Gasteiger partial charge in [-0.25, -0.2) is 8.42 Å². The number of sulfonamides is 1. The number of nitrogens with zero attached hydrogens (tertiary/aromatic N) is 1. The summed E-state index contributed by atoms with van der Waals surface area (Å²) in [6, 6.07) is 10.6. The number of hydrogen-bond acceptors (Lipinski definition) is 5. The number of carbonyl (C=O) groups excluding carboxylic acids is 1. The molecule has 0 aliphatic heterocycles. The van der Waals surface area contributed by atoms with Crippen LogP contribution in [-0.2, 0) is 14.8 Å². The number of amides is 1. The molecule has 30 heavy (non-hydrogen) atoms. The fourth-order valence-corrected chi connectivity index (χ4v) is 4.22. The van der Waals surface area contributed by atoms with E-state index in [1.807, 2.05) is 32.9 Å². The summed E-state index contributed by atoms with van der Waals surface area (Å²) >= 11 is 0. The van der Waals surface area contributed by atoms with Crippen LogP contribution in [0, 0.1) is 13.8 Å². The highest BCUT2D eigenvalue weighted by atomic mass is 32.2. The molecule has 2 aromatic carbocycles. The van der Waals surface area contributed by atoms with Gasteiger partial charge in [0.25, 0.3) is 0 Å². The fourth-order valence-electron chi connectivity index (χ4n) is 3.37. The Kier molecular flexibility index (Phi) is 7.72. The van der Waals surface area contributed by atoms with E-state index in [1.165, 1.54) is 20.3 Å². The van der Waals surface area contributed by atoms with Crippen LogP contribution >= 0.6 is 0 Å². The second-order valence-electron chi connectivity index (χ2n) is 7.20. The minimum Gasteiger partial charge on any atom is -0.493 e. The predicted octanol–water partition coefficient (Wildman–Crippen LogP) is 3.35. The Hall–Kier alpha value is -2.74. The number of anilines is 1. The Morgan fingerprint density at radius 2 is 1.73 bits per heavy atom. The number of aryl methyl sites for hydroxylation is 2. The molecule has 8 heteroatoms. The summed E-state index contributed by atoms with van der Waals surface area (Å²) < 4.78 is 36.3. The van der Waals surface area contributed by atoms with Gasteiger partial charge in [-0.3, -0.25) is 9.10 Å². The van der Waals surface area contributed by atoms with E-state index in [0.29, 0.717) is 23.6 Å². The van der Waals surface area contributed by atoms with Gasteiger partial charge in [0.2, 0.25) is 15.9 Å². The summed E-state index contributed by atoms with van der Waals surface area (Å²) in [5.74, 6) is 0.466. The van der Waals surface area contributed by atoms with Gasteiger partial charge in [-0.05, 0) is 43.5 Å². The molecule has 0 aliphatic carbocycles. The quantitative estimate of drug-likeness (QED) is 0.654. The van der Waals surface area contributed by atoms with Crippen molar-refractivity contribution in [3.05, 3.63) is 53.1 Å². The molecule has 2 rings (SSSR count). The third kappa shape index (κ3) is 5.66. The number of ether oxygens (including phenoxy) is 2. The molecule has 1 amide bonds. The van der Waals surface area contributed by atoms with E-state index in [9.17, 15) is 13.2 Å². The Balaban J connectivity index is 2.27. The first-order valence-corrected chi connectivity index (χ1v) is 11.5. The second-order valence-corrected chi connectivity index (χ2v) is 9.10. The molecule has 0 aliphatic rings. The largest absolute Gasteiger partial charge is 0.493 e. The van der Waals surface area contributed by atoms with Crippen molar-refractivity contribution < 1.29 is 22.7 Å². The molecule has 0 fully saturated rings. The normalized spacial score (nSPS) is 12.2. The molecule has 0 radical (unpaired) electrons. The van der Waals surface area contributed by atoms with Crippen molar-refractivity contribution >= 4 is 21.6 Å². The zero-order valence-electron chi connectivity index (χ0n) is 18.4. The van der Waals surface area contributed by atoms with Crippen LogP contribution in [-0.4, -0.2) is 41.3 Å². The Morgan fingerprint density at radius 1 is 1.07 bits per heavy atom. The Bertz CT molecular complexity index is 1000. The van der Waals surface area contributed by atoms with Gasteiger partial charge in [0.05, 0.1) is 32.2 Å². The molecule has 0 bridgehead atoms. The van der Waals surface area contributed by atoms with Crippen LogP contribution in [0.1, 0.15) is 36.1 Å². The van der Waals surface area contributed by atoms with Crippen molar-refractivity contribution in [3.8, 4) is 11.5 Å². The minimum atomic E-state index is -3.70. The first-order valence-electron chi connectivity index (χ1n) is 9.67. The maximum atomic E-state index is 12.8. The van der Waals surface area contributed by atoms with Crippen LogP contribution < -0.4 is 19.1 Å². The molecule has 0 spiro atoms. The second kappa shape index (κ2) is 9.84. The van der Waals surface area contributed by atoms with Gasteiger partial charge in [0, 0.05) is 6.07 Å². The van der Waals surface area contributed by atoms with E-state index in [-0.39, 0.29) is 18.5 Å². The lowest BCUT2D eigenvalue weighted by Gasteiger charge is -2.25. The van der Waals surface area contributed by atoms with Gasteiger partial charge >= 0.3 is 0 Å². The molecule has 0 saturated carbocycles. The summed E-state index contributed by atoms with van der Waals surface area (Å²) in [4.78, 5) is 12.8. The van der Waals surface area contributed by atoms with E-state index in [1.54, 1.807) is 12.1 Å². The molecule has 0 unspecified atom stereocenters. The number of rotatable bonds is 9. The van der Waals surface area contributed by atoms with Crippen molar-refractivity contribution in [3.63, 3.8) is 0 Å². The molecule has 0 aromatic heterocycles. The van der Waals surface area contributed by atoms with E-state index in [2.05, 4.69) is 11.4 Å². The van der Waals surface area contributed by atoms with Gasteiger partial charge in [0.15, 0.2) is 11.5 Å². The molecule has 1 N–H and O–H groups in total. The molecule has 0 heterocycles. The monoisotopic (exact) mass is 434 g/mol. The predicted molar refractivity (Wildman–Crippen MR) is 119 cm³/mol. The summed E-state index contributed by atoms with van der Waals surface area (Å²) in [6.45, 7) is 5.66. The molecule has 7 nitrogen and oxygen atoms in total. The van der Waals surface area contributed by atoms with E-state index in [4.69, 9.17) is 9.47 Å². The van der Waals surface area contributed by atoms with Gasteiger partial charge in [-0.15, -0.1) is 0 Å². The highest BCUT2D eigenvalue weighted by Crippen LogP contribution is 2.32. The lowest BCUT2D eigenvalue weighted by Crippen LogP contribution is -2.41. The average Bonchev–Trinajstić information content (AvgIpc) is 2.69. The average molecular weight is 435 g/mol. The zero-order chi connectivity index (χ0) is 22.5. The van der Waals surface area contributed by atoms with Crippen molar-refractivity contribution in [2.75, 3.05) is 31.3 Å². The SMILES string of the molecule is CC[C@H](NC(=O)CN(c1ccc(OC)c(OC)c1)S(C)(=O)=O)c1ccc(C)cc1C. The lowest BCUT2D eigenvalue weighted by molar-refractivity contribution is -0.120. The van der Waals surface area contributed by atoms with Crippen LogP contribution in [0.3, 0.4) is 0 Å². The van der Waals surface area contributed by atoms with Crippen LogP contribution in [0.15, 0.2) is 36.4 Å².